The van der Waals surface area contributed by atoms with Crippen molar-refractivity contribution in [3.05, 3.63) is 18.0 Å². The van der Waals surface area contributed by atoms with Gasteiger partial charge in [-0.2, -0.15) is 5.10 Å². The van der Waals surface area contributed by atoms with E-state index in [1.807, 2.05) is 6.07 Å². The summed E-state index contributed by atoms with van der Waals surface area (Å²) in [5.74, 6) is 0. The van der Waals surface area contributed by atoms with Gasteiger partial charge in [-0.05, 0) is 12.5 Å². The molecule has 46 valence electrons. The monoisotopic (exact) mass is 112 g/mol. The predicted octanol–water partition coefficient (Wildman–Crippen LogP) is 1.61. The van der Waals surface area contributed by atoms with Crippen molar-refractivity contribution in [2.45, 2.75) is 19.8 Å². The van der Waals surface area contributed by atoms with Crippen LogP contribution in [-0.4, -0.2) is 10.2 Å². The van der Waals surface area contributed by atoms with Gasteiger partial charge in [-0.3, -0.25) is 5.10 Å². The van der Waals surface area contributed by atoms with Gasteiger partial charge in [0, 0.05) is 13.3 Å². The number of hydrogen-bond donors (Lipinski definition) is 1. The molecule has 8 heavy (non-hydrogen) atoms. The Morgan fingerprint density at radius 2 is 2.75 bits per heavy atom. The van der Waals surface area contributed by atoms with E-state index in [-0.39, 0.29) is 1.43 Å². The zero-order valence-electron chi connectivity index (χ0n) is 5.02. The van der Waals surface area contributed by atoms with Crippen molar-refractivity contribution in [1.82, 2.24) is 10.2 Å². The lowest BCUT2D eigenvalue weighted by Crippen LogP contribution is -1.80. The minimum Gasteiger partial charge on any atom is -0.283 e. The summed E-state index contributed by atoms with van der Waals surface area (Å²) in [6, 6.07) is 2.00. The molecule has 0 spiro atoms. The van der Waals surface area contributed by atoms with E-state index in [2.05, 4.69) is 17.1 Å². The molecule has 0 aliphatic rings. The van der Waals surface area contributed by atoms with Crippen molar-refractivity contribution in [3.63, 3.8) is 0 Å². The van der Waals surface area contributed by atoms with Crippen LogP contribution in [0.25, 0.3) is 0 Å². The third-order valence-electron chi connectivity index (χ3n) is 1.08. The summed E-state index contributed by atoms with van der Waals surface area (Å²) < 4.78 is 0. The molecular weight excluding hydrogens is 100 g/mol. The van der Waals surface area contributed by atoms with Crippen LogP contribution in [0.15, 0.2) is 12.3 Å². The van der Waals surface area contributed by atoms with Crippen LogP contribution in [0, 0.1) is 0 Å². The molecule has 0 saturated heterocycles. The summed E-state index contributed by atoms with van der Waals surface area (Å²) >= 11 is 0. The van der Waals surface area contributed by atoms with Crippen LogP contribution >= 0.6 is 0 Å². The van der Waals surface area contributed by atoms with Crippen LogP contribution in [0.1, 0.15) is 20.5 Å². The van der Waals surface area contributed by atoms with Crippen LogP contribution in [0.5, 0.6) is 0 Å². The third-order valence-corrected chi connectivity index (χ3v) is 1.08. The molecule has 0 amide bonds. The maximum atomic E-state index is 3.82. The molecule has 2 nitrogen and oxygen atoms in total. The number of nitrogens with one attached hydrogen (secondary N) is 1. The maximum Gasteiger partial charge on any atom is 0.0490 e. The van der Waals surface area contributed by atoms with Gasteiger partial charge in [0.1, 0.15) is 0 Å². The first-order valence-corrected chi connectivity index (χ1v) is 2.91. The van der Waals surface area contributed by atoms with Crippen molar-refractivity contribution in [1.29, 1.82) is 0 Å². The lowest BCUT2D eigenvalue weighted by atomic mass is 10.3. The van der Waals surface area contributed by atoms with Crippen molar-refractivity contribution >= 4 is 0 Å². The summed E-state index contributed by atoms with van der Waals surface area (Å²) in [6.07, 6.45) is 4.08. The van der Waals surface area contributed by atoms with Gasteiger partial charge in [-0.15, -0.1) is 0 Å². The molecule has 1 rings (SSSR count). The molecule has 1 aromatic rings. The molecule has 0 aliphatic carbocycles. The Hall–Kier alpha value is -0.790. The maximum absolute atomic E-state index is 3.82. The first-order valence-electron chi connectivity index (χ1n) is 2.91. The molecule has 0 aliphatic heterocycles. The molecule has 0 aromatic carbocycles. The number of hydrogen-bond acceptors (Lipinski definition) is 1. The Kier molecular flexibility index (Phi) is 1.67. The summed E-state index contributed by atoms with van der Waals surface area (Å²) in [5.41, 5.74) is 1.23. The van der Waals surface area contributed by atoms with Gasteiger partial charge < -0.3 is 0 Å². The lowest BCUT2D eigenvalue weighted by Gasteiger charge is -1.86. The fourth-order valence-electron chi connectivity index (χ4n) is 0.693. The fourth-order valence-corrected chi connectivity index (χ4v) is 0.693. The van der Waals surface area contributed by atoms with Crippen molar-refractivity contribution < 1.29 is 1.43 Å². The van der Waals surface area contributed by atoms with Crippen molar-refractivity contribution in [2.24, 2.45) is 0 Å². The first kappa shape index (κ1) is 5.35. The SMILES string of the molecule is CCCc1ccn[nH]1.[HH]. The number of rotatable bonds is 2. The minimum atomic E-state index is 0. The van der Waals surface area contributed by atoms with E-state index < -0.39 is 0 Å². The quantitative estimate of drug-likeness (QED) is 0.618. The highest BCUT2D eigenvalue weighted by Gasteiger charge is 1.86. The summed E-state index contributed by atoms with van der Waals surface area (Å²) in [4.78, 5) is 0. The van der Waals surface area contributed by atoms with Gasteiger partial charge >= 0.3 is 0 Å². The van der Waals surface area contributed by atoms with E-state index >= 15 is 0 Å². The van der Waals surface area contributed by atoms with Crippen molar-refractivity contribution in [3.8, 4) is 0 Å². The van der Waals surface area contributed by atoms with Crippen LogP contribution in [-0.2, 0) is 6.42 Å². The highest BCUT2D eigenvalue weighted by Crippen LogP contribution is 1.94. The zero-order valence-corrected chi connectivity index (χ0v) is 5.02. The van der Waals surface area contributed by atoms with Gasteiger partial charge in [0.2, 0.25) is 0 Å². The number of aryl methyl sites for hydroxylation is 1. The molecule has 0 unspecified atom stereocenters. The third kappa shape index (κ3) is 1.09. The molecule has 0 bridgehead atoms. The van der Waals surface area contributed by atoms with E-state index in [1.54, 1.807) is 6.20 Å². The minimum absolute atomic E-state index is 0. The van der Waals surface area contributed by atoms with Gasteiger partial charge in [0.05, 0.1) is 0 Å². The number of aromatic amines is 1. The standard InChI is InChI=1S/C6H10N2.H2/c1-2-3-6-4-5-7-8-6;/h4-5H,2-3H2,1H3,(H,7,8);1H. The topological polar surface area (TPSA) is 28.7 Å². The Bertz CT molecular complexity index is 137. The van der Waals surface area contributed by atoms with Crippen LogP contribution in [0.3, 0.4) is 0 Å². The molecular formula is C6H12N2. The van der Waals surface area contributed by atoms with Crippen LogP contribution < -0.4 is 0 Å². The van der Waals surface area contributed by atoms with Gasteiger partial charge in [0.15, 0.2) is 0 Å². The summed E-state index contributed by atoms with van der Waals surface area (Å²) in [5, 5.41) is 6.70. The largest absolute Gasteiger partial charge is 0.283 e. The molecule has 1 N–H and O–H groups in total. The van der Waals surface area contributed by atoms with Gasteiger partial charge in [-0.1, -0.05) is 13.3 Å². The van der Waals surface area contributed by atoms with E-state index in [9.17, 15) is 0 Å². The Morgan fingerprint density at radius 1 is 1.88 bits per heavy atom. The second-order valence-corrected chi connectivity index (χ2v) is 1.83. The molecule has 2 heteroatoms. The number of nitrogens with zero attached hydrogens (tertiary/aromatic N) is 1. The Morgan fingerprint density at radius 3 is 3.25 bits per heavy atom. The Balaban J connectivity index is 0.000000640. The highest BCUT2D eigenvalue weighted by atomic mass is 15.1. The smallest absolute Gasteiger partial charge is 0.0490 e. The van der Waals surface area contributed by atoms with Gasteiger partial charge in [-0.25, -0.2) is 0 Å². The van der Waals surface area contributed by atoms with Gasteiger partial charge in [0.25, 0.3) is 0 Å². The lowest BCUT2D eigenvalue weighted by molar-refractivity contribution is 0.867. The Labute approximate surface area is 50.4 Å². The normalized spacial score (nSPS) is 9.62. The molecule has 1 aromatic heterocycles. The average Bonchev–Trinajstić information content (AvgIpc) is 2.19. The van der Waals surface area contributed by atoms with E-state index in [0.717, 1.165) is 6.42 Å². The summed E-state index contributed by atoms with van der Waals surface area (Å²) in [7, 11) is 0. The predicted molar refractivity (Wildman–Crippen MR) is 34.7 cm³/mol. The number of H-pyrrole nitrogens is 1. The average molecular weight is 112 g/mol. The van der Waals surface area contributed by atoms with E-state index in [4.69, 9.17) is 0 Å². The van der Waals surface area contributed by atoms with E-state index in [1.165, 1.54) is 12.1 Å². The van der Waals surface area contributed by atoms with Crippen LogP contribution in [0.2, 0.25) is 0 Å². The highest BCUT2D eigenvalue weighted by molar-refractivity contribution is 4.96. The molecule has 0 fully saturated rings. The fraction of sp³-hybridized carbons (Fsp3) is 0.500. The molecule has 0 atom stereocenters. The molecule has 0 saturated carbocycles. The zero-order chi connectivity index (χ0) is 5.82. The van der Waals surface area contributed by atoms with Crippen molar-refractivity contribution in [2.75, 3.05) is 0 Å². The first-order chi connectivity index (χ1) is 3.93. The van der Waals surface area contributed by atoms with Crippen LogP contribution in [0.4, 0.5) is 0 Å². The van der Waals surface area contributed by atoms with E-state index in [0.29, 0.717) is 0 Å². The second-order valence-electron chi connectivity index (χ2n) is 1.83. The summed E-state index contributed by atoms with van der Waals surface area (Å²) in [6.45, 7) is 2.15. The molecule has 1 heterocycles. The molecule has 0 radical (unpaired) electrons. The number of aromatic nitrogens is 2. The second kappa shape index (κ2) is 2.50.